The van der Waals surface area contributed by atoms with Crippen molar-refractivity contribution in [3.05, 3.63) is 64.0 Å². The van der Waals surface area contributed by atoms with Crippen molar-refractivity contribution in [3.8, 4) is 5.82 Å². The second-order valence-electron chi connectivity index (χ2n) is 5.66. The Bertz CT molecular complexity index is 1070. The number of H-pyrrole nitrogens is 1. The average molecular weight is 370 g/mol. The molecule has 1 aromatic carbocycles. The topological polar surface area (TPSA) is 122 Å². The standard InChI is InChI=1S/C17H15FN6O3/c1-9-12(8-19-24(9)15-5-6-16(26)23-22-15)17(27)21-11-3-4-13(18)14(7-11)20-10(2)25/h3-8H,1-2H3,(H,20,25)(H,21,27)(H,23,26). The number of nitrogens with one attached hydrogen (secondary N) is 3. The number of carbonyl (C=O) groups is 2. The van der Waals surface area contributed by atoms with E-state index in [1.807, 2.05) is 0 Å². The first-order chi connectivity index (χ1) is 12.8. The van der Waals surface area contributed by atoms with Gasteiger partial charge in [-0.05, 0) is 31.2 Å². The molecule has 138 valence electrons. The maximum absolute atomic E-state index is 13.7. The van der Waals surface area contributed by atoms with E-state index in [0.717, 1.165) is 6.07 Å². The van der Waals surface area contributed by atoms with Crippen molar-refractivity contribution >= 4 is 23.2 Å². The van der Waals surface area contributed by atoms with Gasteiger partial charge in [-0.25, -0.2) is 14.2 Å². The number of carbonyl (C=O) groups excluding carboxylic acids is 2. The third kappa shape index (κ3) is 3.89. The number of amides is 2. The van der Waals surface area contributed by atoms with Gasteiger partial charge in [-0.1, -0.05) is 0 Å². The highest BCUT2D eigenvalue weighted by Gasteiger charge is 2.17. The molecule has 2 amide bonds. The van der Waals surface area contributed by atoms with Gasteiger partial charge in [0.2, 0.25) is 5.91 Å². The zero-order valence-electron chi connectivity index (χ0n) is 14.4. The number of hydrogen-bond donors (Lipinski definition) is 3. The Hall–Kier alpha value is -3.82. The van der Waals surface area contributed by atoms with Crippen LogP contribution in [0.4, 0.5) is 15.8 Å². The van der Waals surface area contributed by atoms with Crippen LogP contribution in [0.1, 0.15) is 23.0 Å². The van der Waals surface area contributed by atoms with Crippen molar-refractivity contribution in [2.75, 3.05) is 10.6 Å². The molecular weight excluding hydrogens is 355 g/mol. The van der Waals surface area contributed by atoms with Crippen LogP contribution in [0.2, 0.25) is 0 Å². The summed E-state index contributed by atoms with van der Waals surface area (Å²) in [5.74, 6) is -1.16. The van der Waals surface area contributed by atoms with Gasteiger partial charge in [-0.3, -0.25) is 14.4 Å². The second kappa shape index (κ2) is 7.20. The van der Waals surface area contributed by atoms with Crippen LogP contribution in [0.25, 0.3) is 5.82 Å². The number of aromatic nitrogens is 4. The summed E-state index contributed by atoms with van der Waals surface area (Å²) in [5, 5.41) is 15.2. The maximum Gasteiger partial charge on any atom is 0.264 e. The van der Waals surface area contributed by atoms with E-state index in [4.69, 9.17) is 0 Å². The van der Waals surface area contributed by atoms with Crippen LogP contribution in [0, 0.1) is 12.7 Å². The zero-order valence-corrected chi connectivity index (χ0v) is 14.4. The molecule has 0 fully saturated rings. The average Bonchev–Trinajstić information content (AvgIpc) is 3.00. The summed E-state index contributed by atoms with van der Waals surface area (Å²) in [4.78, 5) is 34.8. The number of benzene rings is 1. The van der Waals surface area contributed by atoms with Crippen molar-refractivity contribution in [1.29, 1.82) is 0 Å². The van der Waals surface area contributed by atoms with Gasteiger partial charge in [0, 0.05) is 18.7 Å². The molecule has 3 aromatic rings. The normalized spacial score (nSPS) is 10.5. The molecule has 0 saturated heterocycles. The van der Waals surface area contributed by atoms with Crippen LogP contribution < -0.4 is 16.2 Å². The van der Waals surface area contributed by atoms with E-state index in [1.54, 1.807) is 6.92 Å². The Labute approximate surface area is 152 Å². The van der Waals surface area contributed by atoms with Crippen LogP contribution in [-0.4, -0.2) is 31.8 Å². The van der Waals surface area contributed by atoms with E-state index >= 15 is 0 Å². The minimum Gasteiger partial charge on any atom is -0.324 e. The van der Waals surface area contributed by atoms with Crippen molar-refractivity contribution in [1.82, 2.24) is 20.0 Å². The first-order valence-corrected chi connectivity index (χ1v) is 7.84. The van der Waals surface area contributed by atoms with Crippen molar-refractivity contribution in [2.45, 2.75) is 13.8 Å². The largest absolute Gasteiger partial charge is 0.324 e. The third-order valence-electron chi connectivity index (χ3n) is 3.67. The lowest BCUT2D eigenvalue weighted by Crippen LogP contribution is -2.15. The molecule has 0 aliphatic heterocycles. The van der Waals surface area contributed by atoms with Crippen LogP contribution in [0.15, 0.2) is 41.3 Å². The molecule has 3 N–H and O–H groups in total. The molecule has 0 spiro atoms. The summed E-state index contributed by atoms with van der Waals surface area (Å²) in [5.41, 5.74) is 0.682. The number of aromatic amines is 1. The molecule has 0 bridgehead atoms. The highest BCUT2D eigenvalue weighted by Crippen LogP contribution is 2.21. The van der Waals surface area contributed by atoms with Crippen molar-refractivity contribution < 1.29 is 14.0 Å². The van der Waals surface area contributed by atoms with E-state index < -0.39 is 17.6 Å². The Morgan fingerprint density at radius 1 is 1.19 bits per heavy atom. The lowest BCUT2D eigenvalue weighted by Gasteiger charge is -2.09. The van der Waals surface area contributed by atoms with Crippen LogP contribution in [0.5, 0.6) is 0 Å². The number of hydrogen-bond acceptors (Lipinski definition) is 5. The Kier molecular flexibility index (Phi) is 4.79. The third-order valence-corrected chi connectivity index (χ3v) is 3.67. The fourth-order valence-electron chi connectivity index (χ4n) is 2.41. The highest BCUT2D eigenvalue weighted by atomic mass is 19.1. The lowest BCUT2D eigenvalue weighted by molar-refractivity contribution is -0.114. The predicted octanol–water partition coefficient (Wildman–Crippen LogP) is 1.61. The Balaban J connectivity index is 1.84. The molecule has 10 heteroatoms. The van der Waals surface area contributed by atoms with Gasteiger partial charge in [-0.15, -0.1) is 0 Å². The van der Waals surface area contributed by atoms with Gasteiger partial charge in [0.05, 0.1) is 23.1 Å². The van der Waals surface area contributed by atoms with E-state index in [1.165, 1.54) is 42.1 Å². The van der Waals surface area contributed by atoms with Gasteiger partial charge in [0.25, 0.3) is 11.5 Å². The molecule has 0 atom stereocenters. The van der Waals surface area contributed by atoms with Gasteiger partial charge in [0.15, 0.2) is 5.82 Å². The Morgan fingerprint density at radius 2 is 1.96 bits per heavy atom. The van der Waals surface area contributed by atoms with Crippen molar-refractivity contribution in [2.24, 2.45) is 0 Å². The monoisotopic (exact) mass is 370 g/mol. The summed E-state index contributed by atoms with van der Waals surface area (Å²) in [6.07, 6.45) is 1.36. The molecule has 0 aliphatic rings. The molecule has 0 aliphatic carbocycles. The molecule has 2 heterocycles. The predicted molar refractivity (Wildman–Crippen MR) is 95.4 cm³/mol. The smallest absolute Gasteiger partial charge is 0.264 e. The molecule has 3 rings (SSSR count). The minimum absolute atomic E-state index is 0.0369. The van der Waals surface area contributed by atoms with E-state index in [-0.39, 0.29) is 16.8 Å². The fraction of sp³-hybridized carbons (Fsp3) is 0.118. The summed E-state index contributed by atoms with van der Waals surface area (Å²) in [6.45, 7) is 2.93. The van der Waals surface area contributed by atoms with Gasteiger partial charge >= 0.3 is 0 Å². The second-order valence-corrected chi connectivity index (χ2v) is 5.66. The van der Waals surface area contributed by atoms with E-state index in [0.29, 0.717) is 17.2 Å². The van der Waals surface area contributed by atoms with Crippen LogP contribution in [0.3, 0.4) is 0 Å². The quantitative estimate of drug-likeness (QED) is 0.644. The zero-order chi connectivity index (χ0) is 19.6. The lowest BCUT2D eigenvalue weighted by atomic mass is 10.2. The van der Waals surface area contributed by atoms with E-state index in [2.05, 4.69) is 25.9 Å². The van der Waals surface area contributed by atoms with Gasteiger partial charge in [-0.2, -0.15) is 10.2 Å². The summed E-state index contributed by atoms with van der Waals surface area (Å²) >= 11 is 0. The maximum atomic E-state index is 13.7. The van der Waals surface area contributed by atoms with E-state index in [9.17, 15) is 18.8 Å². The van der Waals surface area contributed by atoms with Gasteiger partial charge < -0.3 is 10.6 Å². The fourth-order valence-corrected chi connectivity index (χ4v) is 2.41. The number of nitrogens with zero attached hydrogens (tertiary/aromatic N) is 3. The molecule has 9 nitrogen and oxygen atoms in total. The Morgan fingerprint density at radius 3 is 2.63 bits per heavy atom. The minimum atomic E-state index is -0.614. The molecule has 0 saturated carbocycles. The SMILES string of the molecule is CC(=O)Nc1cc(NC(=O)c2cnn(-c3ccc(=O)[nH]n3)c2C)ccc1F. The molecule has 0 unspecified atom stereocenters. The summed E-state index contributed by atoms with van der Waals surface area (Å²) < 4.78 is 15.1. The van der Waals surface area contributed by atoms with Crippen molar-refractivity contribution in [3.63, 3.8) is 0 Å². The number of halogens is 1. The van der Waals surface area contributed by atoms with Gasteiger partial charge in [0.1, 0.15) is 5.82 Å². The molecular formula is C17H15FN6O3. The molecule has 0 radical (unpaired) electrons. The number of anilines is 2. The summed E-state index contributed by atoms with van der Waals surface area (Å²) in [6, 6.07) is 6.60. The highest BCUT2D eigenvalue weighted by molar-refractivity contribution is 6.05. The first kappa shape index (κ1) is 18.0. The number of rotatable bonds is 4. The first-order valence-electron chi connectivity index (χ1n) is 7.84. The molecule has 27 heavy (non-hydrogen) atoms. The summed E-state index contributed by atoms with van der Waals surface area (Å²) in [7, 11) is 0. The van der Waals surface area contributed by atoms with Crippen LogP contribution in [-0.2, 0) is 4.79 Å². The molecule has 2 aromatic heterocycles. The van der Waals surface area contributed by atoms with Crippen LogP contribution >= 0.6 is 0 Å².